The van der Waals surface area contributed by atoms with E-state index in [1.54, 1.807) is 7.11 Å². The second-order valence-corrected chi connectivity index (χ2v) is 7.69. The van der Waals surface area contributed by atoms with Crippen LogP contribution in [0.2, 0.25) is 0 Å². The molecule has 4 atom stereocenters. The standard InChI is InChI=1S/C20H27NO5/c1-13-9-14(3-4-18(13)24-2)19(22)21-10-15-11-26-8-6-20(15,23)16-12-25-7-5-17(16)21/h3-4,9,15-17,23H,5-8,10-12H2,1-2H3/t15-,16+,17+,20-/m0/s1. The Kier molecular flexibility index (Phi) is 4.67. The molecule has 3 heterocycles. The quantitative estimate of drug-likeness (QED) is 0.867. The summed E-state index contributed by atoms with van der Waals surface area (Å²) in [5.74, 6) is 0.671. The molecule has 1 aromatic rings. The summed E-state index contributed by atoms with van der Waals surface area (Å²) < 4.78 is 16.6. The van der Waals surface area contributed by atoms with Crippen molar-refractivity contribution in [2.45, 2.75) is 31.4 Å². The Morgan fingerprint density at radius 3 is 2.88 bits per heavy atom. The second kappa shape index (κ2) is 6.83. The number of fused-ring (bicyclic) bond motifs is 3. The average Bonchev–Trinajstić information content (AvgIpc) is 2.67. The van der Waals surface area contributed by atoms with Gasteiger partial charge in [0.2, 0.25) is 0 Å². The Morgan fingerprint density at radius 1 is 1.31 bits per heavy atom. The molecular weight excluding hydrogens is 334 g/mol. The van der Waals surface area contributed by atoms with Gasteiger partial charge in [0, 0.05) is 49.6 Å². The van der Waals surface area contributed by atoms with Gasteiger partial charge >= 0.3 is 0 Å². The summed E-state index contributed by atoms with van der Waals surface area (Å²) in [4.78, 5) is 15.3. The van der Waals surface area contributed by atoms with Gasteiger partial charge in [-0.1, -0.05) is 0 Å². The predicted octanol–water partition coefficient (Wildman–Crippen LogP) is 1.63. The number of benzene rings is 1. The molecule has 142 valence electrons. The van der Waals surface area contributed by atoms with Gasteiger partial charge in [0.25, 0.3) is 5.91 Å². The Labute approximate surface area is 154 Å². The number of nitrogens with zero attached hydrogens (tertiary/aromatic N) is 1. The predicted molar refractivity (Wildman–Crippen MR) is 95.4 cm³/mol. The number of ether oxygens (including phenoxy) is 3. The Balaban J connectivity index is 1.64. The van der Waals surface area contributed by atoms with Gasteiger partial charge < -0.3 is 24.2 Å². The zero-order valence-electron chi connectivity index (χ0n) is 15.4. The van der Waals surface area contributed by atoms with Gasteiger partial charge in [-0.15, -0.1) is 0 Å². The van der Waals surface area contributed by atoms with E-state index in [4.69, 9.17) is 14.2 Å². The molecule has 4 rings (SSSR count). The summed E-state index contributed by atoms with van der Waals surface area (Å²) in [5.41, 5.74) is 0.808. The van der Waals surface area contributed by atoms with Crippen molar-refractivity contribution in [1.29, 1.82) is 0 Å². The topological polar surface area (TPSA) is 68.2 Å². The van der Waals surface area contributed by atoms with Gasteiger partial charge in [-0.3, -0.25) is 4.79 Å². The highest BCUT2D eigenvalue weighted by atomic mass is 16.5. The van der Waals surface area contributed by atoms with E-state index in [1.807, 2.05) is 30.0 Å². The molecule has 3 saturated heterocycles. The molecule has 0 aliphatic carbocycles. The zero-order chi connectivity index (χ0) is 18.3. The van der Waals surface area contributed by atoms with E-state index in [0.717, 1.165) is 17.7 Å². The number of carbonyl (C=O) groups is 1. The number of aliphatic hydroxyl groups is 1. The number of aryl methyl sites for hydroxylation is 1. The fraction of sp³-hybridized carbons (Fsp3) is 0.650. The van der Waals surface area contributed by atoms with E-state index in [9.17, 15) is 9.90 Å². The minimum Gasteiger partial charge on any atom is -0.496 e. The molecule has 1 N–H and O–H groups in total. The number of piperidine rings is 1. The summed E-state index contributed by atoms with van der Waals surface area (Å²) >= 11 is 0. The first-order valence-electron chi connectivity index (χ1n) is 9.38. The van der Waals surface area contributed by atoms with E-state index in [1.165, 1.54) is 0 Å². The Bertz CT molecular complexity index is 693. The molecular formula is C20H27NO5. The third kappa shape index (κ3) is 2.80. The molecule has 0 spiro atoms. The first-order valence-corrected chi connectivity index (χ1v) is 9.38. The normalized spacial score (nSPS) is 34.0. The van der Waals surface area contributed by atoms with E-state index in [-0.39, 0.29) is 23.8 Å². The molecule has 0 saturated carbocycles. The maximum absolute atomic E-state index is 13.3. The van der Waals surface area contributed by atoms with Crippen molar-refractivity contribution in [1.82, 2.24) is 4.90 Å². The molecule has 3 fully saturated rings. The maximum atomic E-state index is 13.3. The van der Waals surface area contributed by atoms with Crippen LogP contribution < -0.4 is 4.74 Å². The molecule has 0 unspecified atom stereocenters. The monoisotopic (exact) mass is 361 g/mol. The van der Waals surface area contributed by atoms with Crippen molar-refractivity contribution in [3.8, 4) is 5.75 Å². The third-order valence-electron chi connectivity index (χ3n) is 6.35. The van der Waals surface area contributed by atoms with E-state index < -0.39 is 5.60 Å². The van der Waals surface area contributed by atoms with Crippen LogP contribution in [0.1, 0.15) is 28.8 Å². The number of methoxy groups -OCH3 is 1. The van der Waals surface area contributed by atoms with Crippen LogP contribution in [0.25, 0.3) is 0 Å². The highest BCUT2D eigenvalue weighted by Crippen LogP contribution is 2.44. The summed E-state index contributed by atoms with van der Waals surface area (Å²) in [6.07, 6.45) is 1.38. The van der Waals surface area contributed by atoms with Gasteiger partial charge in [-0.05, 0) is 37.1 Å². The number of carbonyl (C=O) groups excluding carboxylic acids is 1. The summed E-state index contributed by atoms with van der Waals surface area (Å²) in [7, 11) is 1.63. The van der Waals surface area contributed by atoms with Crippen LogP contribution in [0, 0.1) is 18.8 Å². The van der Waals surface area contributed by atoms with Gasteiger partial charge in [0.15, 0.2) is 0 Å². The van der Waals surface area contributed by atoms with Gasteiger partial charge in [-0.25, -0.2) is 0 Å². The van der Waals surface area contributed by atoms with Crippen LogP contribution in [-0.2, 0) is 9.47 Å². The molecule has 3 aliphatic rings. The number of amides is 1. The van der Waals surface area contributed by atoms with E-state index >= 15 is 0 Å². The minimum atomic E-state index is -0.796. The molecule has 0 aromatic heterocycles. The number of hydrogen-bond donors (Lipinski definition) is 1. The van der Waals surface area contributed by atoms with Gasteiger partial charge in [0.1, 0.15) is 5.75 Å². The van der Waals surface area contributed by atoms with Crippen LogP contribution in [0.15, 0.2) is 18.2 Å². The molecule has 6 heteroatoms. The number of likely N-dealkylation sites (tertiary alicyclic amines) is 1. The fourth-order valence-corrected chi connectivity index (χ4v) is 4.87. The second-order valence-electron chi connectivity index (χ2n) is 7.69. The fourth-order valence-electron chi connectivity index (χ4n) is 4.87. The van der Waals surface area contributed by atoms with Crippen molar-refractivity contribution >= 4 is 5.91 Å². The zero-order valence-corrected chi connectivity index (χ0v) is 15.4. The van der Waals surface area contributed by atoms with Gasteiger partial charge in [-0.2, -0.15) is 0 Å². The van der Waals surface area contributed by atoms with Crippen LogP contribution in [-0.4, -0.2) is 67.6 Å². The summed E-state index contributed by atoms with van der Waals surface area (Å²) in [6, 6.07) is 5.56. The van der Waals surface area contributed by atoms with Crippen LogP contribution in [0.4, 0.5) is 0 Å². The maximum Gasteiger partial charge on any atom is 0.254 e. The number of hydrogen-bond acceptors (Lipinski definition) is 5. The molecule has 1 amide bonds. The van der Waals surface area contributed by atoms with Gasteiger partial charge in [0.05, 0.1) is 25.9 Å². The molecule has 1 aromatic carbocycles. The SMILES string of the molecule is COc1ccc(C(=O)N2C[C@H]3COCC[C@@]3(O)[C@@H]3COCC[C@H]32)cc1C. The third-order valence-corrected chi connectivity index (χ3v) is 6.35. The largest absolute Gasteiger partial charge is 0.496 e. The molecule has 0 bridgehead atoms. The lowest BCUT2D eigenvalue weighted by atomic mass is 9.66. The number of rotatable bonds is 2. The highest BCUT2D eigenvalue weighted by Gasteiger charge is 2.56. The van der Waals surface area contributed by atoms with Crippen molar-refractivity contribution in [3.05, 3.63) is 29.3 Å². The Hall–Kier alpha value is -1.63. The minimum absolute atomic E-state index is 0.0120. The van der Waals surface area contributed by atoms with Crippen molar-refractivity contribution in [2.75, 3.05) is 40.1 Å². The summed E-state index contributed by atoms with van der Waals surface area (Å²) in [5, 5.41) is 11.4. The Morgan fingerprint density at radius 2 is 2.12 bits per heavy atom. The molecule has 3 aliphatic heterocycles. The lowest BCUT2D eigenvalue weighted by Gasteiger charge is -2.57. The molecule has 26 heavy (non-hydrogen) atoms. The first-order chi connectivity index (χ1) is 12.5. The van der Waals surface area contributed by atoms with Crippen LogP contribution in [0.3, 0.4) is 0 Å². The first kappa shape index (κ1) is 17.8. The highest BCUT2D eigenvalue weighted by molar-refractivity contribution is 5.95. The molecule has 6 nitrogen and oxygen atoms in total. The van der Waals surface area contributed by atoms with Crippen molar-refractivity contribution in [3.63, 3.8) is 0 Å². The van der Waals surface area contributed by atoms with Crippen LogP contribution >= 0.6 is 0 Å². The van der Waals surface area contributed by atoms with Crippen molar-refractivity contribution < 1.29 is 24.1 Å². The van der Waals surface area contributed by atoms with E-state index in [2.05, 4.69) is 0 Å². The lowest BCUT2D eigenvalue weighted by Crippen LogP contribution is -2.68. The summed E-state index contributed by atoms with van der Waals surface area (Å²) in [6.45, 7) is 4.66. The molecule has 0 radical (unpaired) electrons. The van der Waals surface area contributed by atoms with Crippen molar-refractivity contribution in [2.24, 2.45) is 11.8 Å². The lowest BCUT2D eigenvalue weighted by molar-refractivity contribution is -0.212. The smallest absolute Gasteiger partial charge is 0.254 e. The average molecular weight is 361 g/mol. The van der Waals surface area contributed by atoms with Crippen LogP contribution in [0.5, 0.6) is 5.75 Å². The van der Waals surface area contributed by atoms with E-state index in [0.29, 0.717) is 45.0 Å².